The van der Waals surface area contributed by atoms with E-state index in [2.05, 4.69) is 73.0 Å². The van der Waals surface area contributed by atoms with Gasteiger partial charge < -0.3 is 18.2 Å². The van der Waals surface area contributed by atoms with Crippen molar-refractivity contribution in [3.8, 4) is 0 Å². The van der Waals surface area contributed by atoms with Crippen LogP contribution in [-0.4, -0.2) is 42.3 Å². The fourth-order valence-corrected chi connectivity index (χ4v) is 4.08. The van der Waals surface area contributed by atoms with E-state index in [1.807, 2.05) is 26.0 Å². The number of rotatable bonds is 22. The largest absolute Gasteiger partial charge is 0.368 e. The first-order chi connectivity index (χ1) is 18.2. The van der Waals surface area contributed by atoms with Crippen molar-refractivity contribution in [1.82, 2.24) is 5.32 Å². The van der Waals surface area contributed by atoms with E-state index < -0.39 is 17.8 Å². The normalized spacial score (nSPS) is 14.7. The van der Waals surface area contributed by atoms with Gasteiger partial charge in [0.15, 0.2) is 12.4 Å². The number of nitrogens with one attached hydrogen (secondary N) is 1. The number of aliphatic hydroxyl groups is 1. The Morgan fingerprint density at radius 2 is 1.29 bits per heavy atom. The van der Waals surface area contributed by atoms with Crippen LogP contribution in [0.25, 0.3) is 0 Å². The summed E-state index contributed by atoms with van der Waals surface area (Å²) in [5.41, 5.74) is -0.666. The SMILES string of the molecule is CC/C=C\C/C=C\C/C=C\C/C=C\C/C=C\C/C=C\CC(O)OCC(C)(C)[C@@H](OI)C(=O)NCCC(C)=O. The van der Waals surface area contributed by atoms with Gasteiger partial charge in [-0.3, -0.25) is 9.59 Å². The van der Waals surface area contributed by atoms with Gasteiger partial charge >= 0.3 is 0 Å². The number of allylic oxidation sites excluding steroid dienone is 11. The Balaban J connectivity index is 4.08. The number of hydrogen-bond donors (Lipinski definition) is 2. The monoisotopic (exact) mass is 641 g/mol. The van der Waals surface area contributed by atoms with Crippen LogP contribution in [0.3, 0.4) is 0 Å². The summed E-state index contributed by atoms with van der Waals surface area (Å²) in [5, 5.41) is 12.9. The number of ether oxygens (including phenoxy) is 1. The number of halogens is 1. The first-order valence-corrected chi connectivity index (χ1v) is 14.4. The Bertz CT molecular complexity index is 811. The average Bonchev–Trinajstić information content (AvgIpc) is 2.87. The molecule has 6 nitrogen and oxygen atoms in total. The van der Waals surface area contributed by atoms with Crippen LogP contribution in [0.5, 0.6) is 0 Å². The van der Waals surface area contributed by atoms with Crippen LogP contribution < -0.4 is 5.32 Å². The zero-order chi connectivity index (χ0) is 28.5. The lowest BCUT2D eigenvalue weighted by Gasteiger charge is -2.31. The molecule has 0 bridgehead atoms. The lowest BCUT2D eigenvalue weighted by Crippen LogP contribution is -2.47. The van der Waals surface area contributed by atoms with Crippen molar-refractivity contribution in [3.63, 3.8) is 0 Å². The third-order valence-electron chi connectivity index (χ3n) is 5.40. The van der Waals surface area contributed by atoms with E-state index in [0.29, 0.717) is 6.42 Å². The molecule has 0 saturated heterocycles. The smallest absolute Gasteiger partial charge is 0.250 e. The summed E-state index contributed by atoms with van der Waals surface area (Å²) < 4.78 is 10.9. The number of hydrogen-bond acceptors (Lipinski definition) is 5. The number of aliphatic hydroxyl groups excluding tert-OH is 1. The van der Waals surface area contributed by atoms with Gasteiger partial charge in [-0.15, -0.1) is 0 Å². The van der Waals surface area contributed by atoms with Crippen molar-refractivity contribution in [2.75, 3.05) is 13.2 Å². The van der Waals surface area contributed by atoms with Gasteiger partial charge in [-0.05, 0) is 45.4 Å². The number of amides is 1. The van der Waals surface area contributed by atoms with Crippen molar-refractivity contribution in [3.05, 3.63) is 72.9 Å². The molecule has 0 rings (SSSR count). The van der Waals surface area contributed by atoms with E-state index in [4.69, 9.17) is 7.80 Å². The summed E-state index contributed by atoms with van der Waals surface area (Å²) >= 11 is 1.70. The molecular formula is C31H48INO5. The molecule has 0 aromatic heterocycles. The van der Waals surface area contributed by atoms with Gasteiger partial charge in [-0.2, -0.15) is 0 Å². The molecular weight excluding hydrogens is 593 g/mol. The molecule has 0 heterocycles. The van der Waals surface area contributed by atoms with Gasteiger partial charge in [0.05, 0.1) is 6.61 Å². The number of carbonyl (C=O) groups excluding carboxylic acids is 2. The first-order valence-electron chi connectivity index (χ1n) is 13.5. The average molecular weight is 642 g/mol. The number of carbonyl (C=O) groups is 2. The Morgan fingerprint density at radius 3 is 1.71 bits per heavy atom. The zero-order valence-corrected chi connectivity index (χ0v) is 25.8. The minimum absolute atomic E-state index is 0.0114. The van der Waals surface area contributed by atoms with Gasteiger partial charge in [0.25, 0.3) is 5.91 Å². The highest BCUT2D eigenvalue weighted by molar-refractivity contribution is 14.1. The summed E-state index contributed by atoms with van der Waals surface area (Å²) in [7, 11) is 0. The Labute approximate surface area is 244 Å². The highest BCUT2D eigenvalue weighted by Gasteiger charge is 2.37. The summed E-state index contributed by atoms with van der Waals surface area (Å²) in [5.74, 6) is -0.293. The maximum absolute atomic E-state index is 12.4. The van der Waals surface area contributed by atoms with Gasteiger partial charge in [-0.1, -0.05) is 93.7 Å². The quantitative estimate of drug-likeness (QED) is 0.0739. The van der Waals surface area contributed by atoms with Crippen LogP contribution in [0.4, 0.5) is 0 Å². The molecule has 214 valence electrons. The highest BCUT2D eigenvalue weighted by atomic mass is 127. The van der Waals surface area contributed by atoms with Crippen LogP contribution in [0, 0.1) is 5.41 Å². The molecule has 0 aromatic rings. The topological polar surface area (TPSA) is 84.9 Å². The molecule has 0 fully saturated rings. The molecule has 0 radical (unpaired) electrons. The maximum Gasteiger partial charge on any atom is 0.250 e. The summed E-state index contributed by atoms with van der Waals surface area (Å²) in [6, 6.07) is 0. The fraction of sp³-hybridized carbons (Fsp3) is 0.548. The van der Waals surface area contributed by atoms with E-state index in [1.165, 1.54) is 6.92 Å². The molecule has 38 heavy (non-hydrogen) atoms. The lowest BCUT2D eigenvalue weighted by molar-refractivity contribution is -0.146. The molecule has 0 saturated carbocycles. The number of Topliss-reactive ketones (excluding diaryl/α,β-unsaturated/α-hetero) is 1. The molecule has 2 N–H and O–H groups in total. The van der Waals surface area contributed by atoms with Crippen molar-refractivity contribution >= 4 is 34.7 Å². The maximum atomic E-state index is 12.4. The Morgan fingerprint density at radius 1 is 0.842 bits per heavy atom. The first kappa shape index (κ1) is 36.2. The van der Waals surface area contributed by atoms with Gasteiger partial charge in [0.2, 0.25) is 0 Å². The Kier molecular flexibility index (Phi) is 23.1. The molecule has 1 unspecified atom stereocenters. The van der Waals surface area contributed by atoms with E-state index in [0.717, 1.165) is 38.5 Å². The van der Waals surface area contributed by atoms with E-state index in [-0.39, 0.29) is 31.3 Å². The zero-order valence-electron chi connectivity index (χ0n) is 23.6. The van der Waals surface area contributed by atoms with Crippen molar-refractivity contribution < 1.29 is 22.5 Å². The second-order valence-electron chi connectivity index (χ2n) is 9.62. The minimum atomic E-state index is -0.963. The standard InChI is InChI=1S/C31H48INO5/c1-5-6-7-8-9-10-11-12-13-14-15-16-17-18-19-20-21-22-23-28(35)37-26-31(3,4)29(38-32)30(36)33-25-24-27(2)34/h6-7,9-10,12-13,15-16,18-19,21-22,28-29,35H,5,8,11,14,17,20,23-26H2,1-4H3,(H,33,36)/b7-6-,10-9-,13-12-,16-15-,19-18-,22-21-/t28?,29-/m0/s1. The lowest BCUT2D eigenvalue weighted by atomic mass is 9.87. The second-order valence-corrected chi connectivity index (χ2v) is 10.1. The number of ketones is 1. The summed E-state index contributed by atoms with van der Waals surface area (Å²) in [6.45, 7) is 7.71. The predicted octanol–water partition coefficient (Wildman–Crippen LogP) is 7.27. The molecule has 7 heteroatoms. The predicted molar refractivity (Wildman–Crippen MR) is 166 cm³/mol. The molecule has 0 aromatic carbocycles. The van der Waals surface area contributed by atoms with Crippen LogP contribution >= 0.6 is 23.0 Å². The van der Waals surface area contributed by atoms with Gasteiger partial charge in [-0.25, -0.2) is 0 Å². The van der Waals surface area contributed by atoms with Gasteiger partial charge in [0, 0.05) is 24.8 Å². The molecule has 0 spiro atoms. The van der Waals surface area contributed by atoms with E-state index in [1.54, 1.807) is 23.0 Å². The third-order valence-corrected chi connectivity index (χ3v) is 5.90. The molecule has 1 amide bonds. The van der Waals surface area contributed by atoms with E-state index >= 15 is 0 Å². The minimum Gasteiger partial charge on any atom is -0.368 e. The second kappa shape index (κ2) is 24.2. The van der Waals surface area contributed by atoms with Crippen LogP contribution in [0.1, 0.15) is 79.1 Å². The Hall–Kier alpha value is -1.81. The molecule has 0 aliphatic heterocycles. The van der Waals surface area contributed by atoms with Crippen molar-refractivity contribution in [1.29, 1.82) is 0 Å². The van der Waals surface area contributed by atoms with Crippen LogP contribution in [0.15, 0.2) is 72.9 Å². The molecule has 2 atom stereocenters. The third kappa shape index (κ3) is 21.2. The van der Waals surface area contributed by atoms with Crippen molar-refractivity contribution in [2.24, 2.45) is 5.41 Å². The molecule has 0 aliphatic rings. The fourth-order valence-electron chi connectivity index (χ4n) is 3.16. The van der Waals surface area contributed by atoms with Crippen LogP contribution in [-0.2, 0) is 17.4 Å². The summed E-state index contributed by atoms with van der Waals surface area (Å²) in [6.07, 6.45) is 30.2. The van der Waals surface area contributed by atoms with Gasteiger partial charge in [0.1, 0.15) is 28.8 Å². The van der Waals surface area contributed by atoms with E-state index in [9.17, 15) is 14.7 Å². The van der Waals surface area contributed by atoms with Crippen molar-refractivity contribution in [2.45, 2.75) is 91.5 Å². The summed E-state index contributed by atoms with van der Waals surface area (Å²) in [4.78, 5) is 23.5. The molecule has 0 aliphatic carbocycles. The highest BCUT2D eigenvalue weighted by Crippen LogP contribution is 2.26. The van der Waals surface area contributed by atoms with Crippen LogP contribution in [0.2, 0.25) is 0 Å².